The smallest absolute Gasteiger partial charge is 0.457 e. The van der Waals surface area contributed by atoms with Gasteiger partial charge in [0.05, 0.1) is 0 Å². The van der Waals surface area contributed by atoms with Gasteiger partial charge >= 0.3 is 22.5 Å². The van der Waals surface area contributed by atoms with E-state index in [2.05, 4.69) is 13.7 Å². The summed E-state index contributed by atoms with van der Waals surface area (Å²) in [6, 6.07) is 0. The Balaban J connectivity index is 2.12. The Morgan fingerprint density at radius 2 is 1.86 bits per heavy atom. The molecule has 0 aliphatic carbocycles. The Morgan fingerprint density at radius 3 is 2.14 bits per heavy atom. The second-order valence-electron chi connectivity index (χ2n) is 1.17. The lowest BCUT2D eigenvalue weighted by Gasteiger charge is -2.13. The predicted molar refractivity (Wildman–Crippen MR) is 26.4 cm³/mol. The lowest BCUT2D eigenvalue weighted by Crippen LogP contribution is -2.32. The van der Waals surface area contributed by atoms with Crippen LogP contribution < -0.4 is 0 Å². The Hall–Kier alpha value is 0.0748. The van der Waals surface area contributed by atoms with Gasteiger partial charge in [-0.15, -0.1) is 0 Å². The van der Waals surface area contributed by atoms with Gasteiger partial charge < -0.3 is 13.7 Å². The SMILES string of the molecule is CB1O[B]O[B]O1. The van der Waals surface area contributed by atoms with Crippen LogP contribution in [0.25, 0.3) is 0 Å². The summed E-state index contributed by atoms with van der Waals surface area (Å²) in [5, 5.41) is 0. The maximum atomic E-state index is 4.68. The molecule has 0 unspecified atom stereocenters. The molecule has 1 heterocycles. The fraction of sp³-hybridized carbons (Fsp3) is 1.00. The zero-order chi connectivity index (χ0) is 5.11. The van der Waals surface area contributed by atoms with Crippen LogP contribution in [-0.2, 0) is 13.7 Å². The van der Waals surface area contributed by atoms with E-state index in [0.29, 0.717) is 0 Å². The van der Waals surface area contributed by atoms with Gasteiger partial charge in [-0.05, 0) is 6.82 Å². The first-order chi connectivity index (χ1) is 3.39. The molecule has 0 aromatic rings. The molecule has 0 aromatic heterocycles. The van der Waals surface area contributed by atoms with Gasteiger partial charge in [-0.3, -0.25) is 0 Å². The van der Waals surface area contributed by atoms with Gasteiger partial charge in [0.1, 0.15) is 0 Å². The Morgan fingerprint density at radius 1 is 1.29 bits per heavy atom. The van der Waals surface area contributed by atoms with Crippen LogP contribution in [0, 0.1) is 0 Å². The minimum absolute atomic E-state index is 0.200. The highest BCUT2D eigenvalue weighted by atomic mass is 16.7. The van der Waals surface area contributed by atoms with E-state index in [9.17, 15) is 0 Å². The normalized spacial score (nSPS) is 20.4. The average Bonchev–Trinajstić information content (AvgIpc) is 1.69. The maximum Gasteiger partial charge on any atom is 0.458 e. The molecule has 2 radical (unpaired) electrons. The summed E-state index contributed by atoms with van der Waals surface area (Å²) >= 11 is 0. The van der Waals surface area contributed by atoms with E-state index >= 15 is 0 Å². The third-order valence-electron chi connectivity index (χ3n) is 0.605. The second-order valence-corrected chi connectivity index (χ2v) is 1.17. The number of hydrogen-bond donors (Lipinski definition) is 0. The van der Waals surface area contributed by atoms with Crippen LogP contribution in [0.4, 0.5) is 0 Å². The molecule has 0 amide bonds. The van der Waals surface area contributed by atoms with E-state index in [4.69, 9.17) is 0 Å². The molecule has 6 heteroatoms. The molecule has 0 aromatic carbocycles. The van der Waals surface area contributed by atoms with Crippen LogP contribution in [0.3, 0.4) is 0 Å². The van der Waals surface area contributed by atoms with Crippen molar-refractivity contribution in [1.29, 1.82) is 0 Å². The monoisotopic (exact) mass is 96.0 g/mol. The third-order valence-corrected chi connectivity index (χ3v) is 0.605. The first-order valence-corrected chi connectivity index (χ1v) is 1.99. The molecule has 0 atom stereocenters. The highest BCUT2D eigenvalue weighted by molar-refractivity contribution is 6.60. The van der Waals surface area contributed by atoms with E-state index in [0.717, 1.165) is 0 Å². The number of rotatable bonds is 0. The molecule has 0 saturated carbocycles. The lowest BCUT2D eigenvalue weighted by molar-refractivity contribution is 0.328. The minimum Gasteiger partial charge on any atom is -0.457 e. The largest absolute Gasteiger partial charge is 0.458 e. The molecule has 1 saturated heterocycles. The van der Waals surface area contributed by atoms with Crippen molar-refractivity contribution in [2.75, 3.05) is 0 Å². The average molecular weight is 95.5 g/mol. The zero-order valence-corrected chi connectivity index (χ0v) is 3.96. The van der Waals surface area contributed by atoms with Gasteiger partial charge in [0.2, 0.25) is 0 Å². The molecular formula is CH3B3O3. The van der Waals surface area contributed by atoms with Gasteiger partial charge in [0.25, 0.3) is 0 Å². The molecule has 1 fully saturated rings. The fourth-order valence-corrected chi connectivity index (χ4v) is 0.275. The lowest BCUT2D eigenvalue weighted by atomic mass is 9.89. The van der Waals surface area contributed by atoms with Crippen LogP contribution in [0.2, 0.25) is 6.82 Å². The zero-order valence-electron chi connectivity index (χ0n) is 3.96. The summed E-state index contributed by atoms with van der Waals surface area (Å²) in [6.07, 6.45) is 0. The molecule has 7 heavy (non-hydrogen) atoms. The van der Waals surface area contributed by atoms with Gasteiger partial charge in [-0.25, -0.2) is 0 Å². The topological polar surface area (TPSA) is 27.7 Å². The molecular weight excluding hydrogens is 92.4 g/mol. The predicted octanol–water partition coefficient (Wildman–Crippen LogP) is -0.764. The van der Waals surface area contributed by atoms with Crippen LogP contribution >= 0.6 is 0 Å². The summed E-state index contributed by atoms with van der Waals surface area (Å²) in [6.45, 7) is 1.77. The first kappa shape index (κ1) is 5.22. The fourth-order valence-electron chi connectivity index (χ4n) is 0.275. The third kappa shape index (κ3) is 1.55. The van der Waals surface area contributed by atoms with Crippen molar-refractivity contribution in [3.8, 4) is 0 Å². The van der Waals surface area contributed by atoms with E-state index in [1.165, 1.54) is 15.4 Å². The van der Waals surface area contributed by atoms with Crippen molar-refractivity contribution >= 4 is 22.5 Å². The first-order valence-electron chi connectivity index (χ1n) is 1.99. The second kappa shape index (κ2) is 2.40. The van der Waals surface area contributed by atoms with Crippen molar-refractivity contribution < 1.29 is 13.7 Å². The van der Waals surface area contributed by atoms with Gasteiger partial charge in [0, 0.05) is 0 Å². The quantitative estimate of drug-likeness (QED) is 0.370. The van der Waals surface area contributed by atoms with Crippen molar-refractivity contribution in [2.45, 2.75) is 6.82 Å². The Labute approximate surface area is 44.1 Å². The highest BCUT2D eigenvalue weighted by Crippen LogP contribution is 1.91. The molecule has 0 bridgehead atoms. The molecule has 1 aliphatic rings. The van der Waals surface area contributed by atoms with E-state index in [-0.39, 0.29) is 7.12 Å². The van der Waals surface area contributed by atoms with Crippen molar-refractivity contribution in [3.63, 3.8) is 0 Å². The summed E-state index contributed by atoms with van der Waals surface area (Å²) in [7, 11) is 2.26. The summed E-state index contributed by atoms with van der Waals surface area (Å²) < 4.78 is 13.8. The summed E-state index contributed by atoms with van der Waals surface area (Å²) in [5.74, 6) is 0. The Bertz CT molecular complexity index is 52.1. The van der Waals surface area contributed by atoms with Gasteiger partial charge in [-0.2, -0.15) is 0 Å². The van der Waals surface area contributed by atoms with Crippen LogP contribution in [0.15, 0.2) is 0 Å². The van der Waals surface area contributed by atoms with Gasteiger partial charge in [0.15, 0.2) is 0 Å². The molecule has 0 spiro atoms. The molecule has 3 nitrogen and oxygen atoms in total. The molecule has 0 N–H and O–H groups in total. The maximum absolute atomic E-state index is 4.68. The summed E-state index contributed by atoms with van der Waals surface area (Å²) in [4.78, 5) is 0. The van der Waals surface area contributed by atoms with Crippen LogP contribution in [0.1, 0.15) is 0 Å². The van der Waals surface area contributed by atoms with E-state index in [1.54, 1.807) is 6.82 Å². The van der Waals surface area contributed by atoms with Crippen molar-refractivity contribution in [2.24, 2.45) is 0 Å². The summed E-state index contributed by atoms with van der Waals surface area (Å²) in [5.41, 5.74) is 0. The standard InChI is InChI=1S/CH3B3O3/c1-4-6-2-5-3-7-4/h1H3. The van der Waals surface area contributed by atoms with Crippen LogP contribution in [0.5, 0.6) is 0 Å². The number of hydrogen-bond acceptors (Lipinski definition) is 3. The van der Waals surface area contributed by atoms with Crippen LogP contribution in [-0.4, -0.2) is 22.5 Å². The van der Waals surface area contributed by atoms with E-state index in [1.807, 2.05) is 0 Å². The van der Waals surface area contributed by atoms with Crippen molar-refractivity contribution in [1.82, 2.24) is 0 Å². The molecule has 1 rings (SSSR count). The molecule has 1 aliphatic heterocycles. The molecule has 34 valence electrons. The Kier molecular flexibility index (Phi) is 1.79. The minimum atomic E-state index is -0.200. The van der Waals surface area contributed by atoms with Crippen molar-refractivity contribution in [3.05, 3.63) is 0 Å². The highest BCUT2D eigenvalue weighted by Gasteiger charge is 2.17. The van der Waals surface area contributed by atoms with Gasteiger partial charge in [-0.1, -0.05) is 0 Å². The van der Waals surface area contributed by atoms with E-state index < -0.39 is 0 Å².